The molecule has 0 saturated carbocycles. The molecule has 20 nitrogen and oxygen atoms in total. The average molecular weight is 871 g/mol. The van der Waals surface area contributed by atoms with Crippen LogP contribution in [-0.2, 0) is 30.8 Å². The summed E-state index contributed by atoms with van der Waals surface area (Å²) in [5.41, 5.74) is 3.99. The monoisotopic (exact) mass is 870 g/mol. The van der Waals surface area contributed by atoms with Gasteiger partial charge in [0.15, 0.2) is 17.1 Å². The van der Waals surface area contributed by atoms with Gasteiger partial charge in [-0.1, -0.05) is 70.3 Å². The molecule has 0 aliphatic rings. The fraction of sp³-hybridized carbons (Fsp3) is 0.400. The van der Waals surface area contributed by atoms with Crippen molar-refractivity contribution >= 4 is 69.1 Å². The molecule has 0 bridgehead atoms. The van der Waals surface area contributed by atoms with Crippen molar-refractivity contribution in [3.8, 4) is 0 Å². The number of nitro groups is 2. The average Bonchev–Trinajstić information content (AvgIpc) is 3.23. The predicted molar refractivity (Wildman–Crippen MR) is 238 cm³/mol. The predicted octanol–water partition coefficient (Wildman–Crippen LogP) is 7.85. The number of carbonyl (C=O) groups excluding carboxylic acids is 2. The maximum atomic E-state index is 12.1. The van der Waals surface area contributed by atoms with Gasteiger partial charge in [0.25, 0.3) is 11.6 Å². The van der Waals surface area contributed by atoms with Crippen LogP contribution in [0.1, 0.15) is 62.8 Å². The summed E-state index contributed by atoms with van der Waals surface area (Å²) in [6, 6.07) is 15.3. The molecule has 3 amide bonds. The van der Waals surface area contributed by atoms with Crippen LogP contribution in [0, 0.1) is 34.1 Å². The van der Waals surface area contributed by atoms with Gasteiger partial charge < -0.3 is 40.2 Å². The fourth-order valence-electron chi connectivity index (χ4n) is 5.07. The summed E-state index contributed by atoms with van der Waals surface area (Å²) < 4.78 is 0. The topological polar surface area (TPSA) is 246 Å². The highest BCUT2D eigenvalue weighted by molar-refractivity contribution is 6.67. The van der Waals surface area contributed by atoms with Crippen molar-refractivity contribution in [3.05, 3.63) is 102 Å². The number of urea groups is 1. The maximum absolute atomic E-state index is 12.1. The van der Waals surface area contributed by atoms with E-state index in [1.807, 2.05) is 19.9 Å². The van der Waals surface area contributed by atoms with Gasteiger partial charge in [-0.3, -0.25) is 25.0 Å². The van der Waals surface area contributed by atoms with Gasteiger partial charge >= 0.3 is 11.7 Å². The van der Waals surface area contributed by atoms with Crippen LogP contribution in [0.2, 0.25) is 5.02 Å². The normalized spacial score (nSPS) is 11.5. The van der Waals surface area contributed by atoms with Crippen molar-refractivity contribution in [2.45, 2.75) is 67.0 Å². The Kier molecular flexibility index (Phi) is 23.1. The van der Waals surface area contributed by atoms with E-state index < -0.39 is 9.85 Å². The van der Waals surface area contributed by atoms with Crippen LogP contribution < -0.4 is 16.0 Å². The van der Waals surface area contributed by atoms with Crippen molar-refractivity contribution in [1.29, 1.82) is 0 Å². The number of nitro benzene ring substituents is 2. The van der Waals surface area contributed by atoms with E-state index in [2.05, 4.69) is 36.6 Å². The lowest BCUT2D eigenvalue weighted by atomic mass is 10.0. The number of nitrogens with one attached hydrogen (secondary N) is 3. The van der Waals surface area contributed by atoms with Gasteiger partial charge in [0.05, 0.1) is 9.85 Å². The first-order chi connectivity index (χ1) is 28.9. The first kappa shape index (κ1) is 52.2. The van der Waals surface area contributed by atoms with E-state index in [1.165, 1.54) is 39.3 Å². The van der Waals surface area contributed by atoms with Crippen LogP contribution in [0.15, 0.2) is 75.2 Å². The van der Waals surface area contributed by atoms with Crippen molar-refractivity contribution in [2.24, 2.45) is 20.6 Å². The van der Waals surface area contributed by atoms with Gasteiger partial charge in [-0.2, -0.15) is 0 Å². The molecule has 3 rings (SSSR count). The molecule has 0 aliphatic carbocycles. The van der Waals surface area contributed by atoms with E-state index in [1.54, 1.807) is 84.3 Å². The maximum Gasteiger partial charge on any atom is 0.321 e. The summed E-state index contributed by atoms with van der Waals surface area (Å²) in [7, 11) is 9.10. The Balaban J connectivity index is 0.000000490. The number of halogens is 1. The lowest BCUT2D eigenvalue weighted by Crippen LogP contribution is -2.29. The Bertz CT molecular complexity index is 2070. The molecule has 0 spiro atoms. The molecule has 0 radical (unpaired) electrons. The van der Waals surface area contributed by atoms with Gasteiger partial charge in [0.2, 0.25) is 0 Å². The van der Waals surface area contributed by atoms with Crippen molar-refractivity contribution < 1.29 is 38.8 Å². The van der Waals surface area contributed by atoms with Crippen LogP contribution in [0.25, 0.3) is 0 Å². The molecular formula is C40H55ClN10O10. The number of aryl methyl sites for hydroxylation is 1. The van der Waals surface area contributed by atoms with Gasteiger partial charge in [0, 0.05) is 60.7 Å². The standard InChI is InChI=1S/C18H25N5O5.C13H19N3O4.C9H11ClN2O/c1-12(20-25-4)16(22-26-5)13(2)21-28-11-14-9-7-8-10-15(14)17(23-27-6)18(24)19-3;1-5-10(6-2)14-12-11(15(17)18)7-8(3)9(4)13(12)16(19)20;1-12(2)9(13)11-8-5-3-7(10)4-6-8/h7-10H,11H2,1-6H3,(H,19,24);7,10,14H,5-6H2,1-4H3;3-6H,1-2H3,(H,11,13)/b20-12+,21-13+,22-16+,23-17+;;. The molecule has 0 fully saturated rings. The van der Waals surface area contributed by atoms with E-state index in [0.717, 1.165) is 18.5 Å². The third-order valence-electron chi connectivity index (χ3n) is 8.42. The quantitative estimate of drug-likeness (QED) is 0.0669. The number of nitrogens with zero attached hydrogens (tertiary/aromatic N) is 7. The summed E-state index contributed by atoms with van der Waals surface area (Å²) in [4.78, 5) is 65.8. The molecule has 61 heavy (non-hydrogen) atoms. The molecule has 0 aliphatic heterocycles. The minimum atomic E-state index is -0.579. The van der Waals surface area contributed by atoms with Gasteiger partial charge in [-0.25, -0.2) is 4.79 Å². The molecule has 21 heteroatoms. The SMILES string of the molecule is CCC(CC)Nc1c([N+](=O)[O-])cc(C)c(C)c1[N+](=O)[O-].CN(C)C(=O)Nc1ccc(Cl)cc1.CNC(=O)/C(=N/OC)c1ccccc1CO/N=C(C)/C(=N/OC)C(/C)=N/OC. The number of likely N-dealkylation sites (N-methyl/N-ethyl adjacent to an activating group) is 1. The van der Waals surface area contributed by atoms with Crippen LogP contribution in [0.4, 0.5) is 27.5 Å². The minimum Gasteiger partial charge on any atom is -0.399 e. The molecule has 0 aromatic heterocycles. The number of oxime groups is 4. The Labute approximate surface area is 360 Å². The number of hydrogen-bond donors (Lipinski definition) is 3. The summed E-state index contributed by atoms with van der Waals surface area (Å²) in [5, 5.41) is 46.8. The number of rotatable bonds is 17. The van der Waals surface area contributed by atoms with E-state index in [4.69, 9.17) is 31.0 Å². The summed E-state index contributed by atoms with van der Waals surface area (Å²) in [5.74, 6) is -0.380. The third kappa shape index (κ3) is 16.7. The van der Waals surface area contributed by atoms with Gasteiger partial charge in [0.1, 0.15) is 39.4 Å². The smallest absolute Gasteiger partial charge is 0.321 e. The number of hydrogen-bond acceptors (Lipinski definition) is 15. The molecule has 0 atom stereocenters. The summed E-state index contributed by atoms with van der Waals surface area (Å²) in [6.07, 6.45) is 1.47. The molecule has 3 aromatic rings. The first-order valence-corrected chi connectivity index (χ1v) is 19.0. The summed E-state index contributed by atoms with van der Waals surface area (Å²) in [6.45, 7) is 10.6. The van der Waals surface area contributed by atoms with Crippen LogP contribution in [0.3, 0.4) is 0 Å². The van der Waals surface area contributed by atoms with Crippen LogP contribution >= 0.6 is 11.6 Å². The highest BCUT2D eigenvalue weighted by Gasteiger charge is 2.30. The Morgan fingerprint density at radius 3 is 1.93 bits per heavy atom. The molecule has 3 aromatic carbocycles. The van der Waals surface area contributed by atoms with E-state index in [-0.39, 0.29) is 47.4 Å². The van der Waals surface area contributed by atoms with Crippen molar-refractivity contribution in [1.82, 2.24) is 10.2 Å². The second-order valence-corrected chi connectivity index (χ2v) is 13.3. The molecular weight excluding hydrogens is 816 g/mol. The van der Waals surface area contributed by atoms with E-state index >= 15 is 0 Å². The molecule has 3 N–H and O–H groups in total. The number of carbonyl (C=O) groups is 2. The minimum absolute atomic E-state index is 0.0109. The van der Waals surface area contributed by atoms with Gasteiger partial charge in [-0.05, 0) is 70.4 Å². The van der Waals surface area contributed by atoms with Crippen LogP contribution in [-0.4, -0.2) is 98.0 Å². The lowest BCUT2D eigenvalue weighted by molar-refractivity contribution is -0.392. The Morgan fingerprint density at radius 2 is 1.43 bits per heavy atom. The number of benzene rings is 3. The molecule has 0 heterocycles. The van der Waals surface area contributed by atoms with Crippen molar-refractivity contribution in [3.63, 3.8) is 0 Å². The highest BCUT2D eigenvalue weighted by atomic mass is 35.5. The molecule has 0 saturated heterocycles. The van der Waals surface area contributed by atoms with Crippen LogP contribution in [0.5, 0.6) is 0 Å². The largest absolute Gasteiger partial charge is 0.399 e. The van der Waals surface area contributed by atoms with E-state index in [9.17, 15) is 29.8 Å². The zero-order chi connectivity index (χ0) is 46.2. The zero-order valence-electron chi connectivity index (χ0n) is 36.5. The number of anilines is 2. The fourth-order valence-corrected chi connectivity index (χ4v) is 5.19. The zero-order valence-corrected chi connectivity index (χ0v) is 37.2. The Morgan fingerprint density at radius 1 is 0.852 bits per heavy atom. The van der Waals surface area contributed by atoms with E-state index in [0.29, 0.717) is 44.4 Å². The van der Waals surface area contributed by atoms with Gasteiger partial charge in [-0.15, -0.1) is 0 Å². The second-order valence-electron chi connectivity index (χ2n) is 12.9. The molecule has 0 unspecified atom stereocenters. The lowest BCUT2D eigenvalue weighted by Gasteiger charge is -2.17. The number of amides is 3. The summed E-state index contributed by atoms with van der Waals surface area (Å²) >= 11 is 5.69. The second kappa shape index (κ2) is 27.0. The first-order valence-electron chi connectivity index (χ1n) is 18.6. The third-order valence-corrected chi connectivity index (χ3v) is 8.67. The Hall–Kier alpha value is -6.83. The van der Waals surface area contributed by atoms with Crippen molar-refractivity contribution in [2.75, 3.05) is 53.1 Å². The highest BCUT2D eigenvalue weighted by Crippen LogP contribution is 2.39. The molecule has 332 valence electrons.